The number of nitrogens with one attached hydrogen (secondary N) is 1. The number of quaternary nitrogens is 1. The first-order chi connectivity index (χ1) is 5.16. The third-order valence-electron chi connectivity index (χ3n) is 1.36. The molecule has 0 radical (unpaired) electrons. The normalized spacial score (nSPS) is 10.2. The van der Waals surface area contributed by atoms with E-state index < -0.39 is 0 Å². The SMILES string of the molecule is CCOC(=O)CCC[NH+](C)C. The summed E-state index contributed by atoms with van der Waals surface area (Å²) in [7, 11) is 4.15. The summed E-state index contributed by atoms with van der Waals surface area (Å²) in [6.07, 6.45) is 1.47. The fraction of sp³-hybridized carbons (Fsp3) is 0.875. The van der Waals surface area contributed by atoms with Crippen LogP contribution in [-0.2, 0) is 9.53 Å². The average Bonchev–Trinajstić information content (AvgIpc) is 1.87. The summed E-state index contributed by atoms with van der Waals surface area (Å²) in [6.45, 7) is 3.35. The Morgan fingerprint density at radius 3 is 2.55 bits per heavy atom. The van der Waals surface area contributed by atoms with Crippen molar-refractivity contribution in [1.29, 1.82) is 0 Å². The number of hydrogen-bond donors (Lipinski definition) is 1. The van der Waals surface area contributed by atoms with Gasteiger partial charge in [0, 0.05) is 6.42 Å². The standard InChI is InChI=1S/C8H17NO2/c1-4-11-8(10)6-5-7-9(2)3/h4-7H2,1-3H3/p+1. The molecule has 0 aromatic heterocycles. The van der Waals surface area contributed by atoms with E-state index in [1.807, 2.05) is 6.92 Å². The van der Waals surface area contributed by atoms with Gasteiger partial charge >= 0.3 is 5.97 Å². The Bertz CT molecular complexity index is 113. The third kappa shape index (κ3) is 7.33. The first kappa shape index (κ1) is 10.4. The number of esters is 1. The van der Waals surface area contributed by atoms with Crippen LogP contribution in [0.1, 0.15) is 19.8 Å². The second kappa shape index (κ2) is 6.16. The zero-order valence-corrected chi connectivity index (χ0v) is 7.64. The van der Waals surface area contributed by atoms with Gasteiger partial charge in [-0.15, -0.1) is 0 Å². The molecule has 66 valence electrons. The maximum atomic E-state index is 10.8. The van der Waals surface area contributed by atoms with Crippen molar-refractivity contribution in [2.45, 2.75) is 19.8 Å². The van der Waals surface area contributed by atoms with E-state index in [9.17, 15) is 4.79 Å². The molecule has 0 spiro atoms. The summed E-state index contributed by atoms with van der Waals surface area (Å²) in [5, 5.41) is 0. The van der Waals surface area contributed by atoms with Crippen molar-refractivity contribution in [2.24, 2.45) is 0 Å². The van der Waals surface area contributed by atoms with Gasteiger partial charge in [-0.1, -0.05) is 0 Å². The van der Waals surface area contributed by atoms with Crippen molar-refractivity contribution in [3.8, 4) is 0 Å². The van der Waals surface area contributed by atoms with Crippen molar-refractivity contribution in [2.75, 3.05) is 27.2 Å². The molecular weight excluding hydrogens is 142 g/mol. The maximum Gasteiger partial charge on any atom is 0.305 e. The van der Waals surface area contributed by atoms with Crippen LogP contribution < -0.4 is 4.90 Å². The van der Waals surface area contributed by atoms with Crippen LogP contribution in [-0.4, -0.2) is 33.2 Å². The average molecular weight is 160 g/mol. The predicted molar refractivity (Wildman–Crippen MR) is 43.5 cm³/mol. The minimum Gasteiger partial charge on any atom is -0.466 e. The molecule has 3 nitrogen and oxygen atoms in total. The van der Waals surface area contributed by atoms with E-state index in [0.29, 0.717) is 13.0 Å². The number of carbonyl (C=O) groups is 1. The van der Waals surface area contributed by atoms with Gasteiger partial charge in [0.1, 0.15) is 0 Å². The van der Waals surface area contributed by atoms with Gasteiger partial charge in [0.2, 0.25) is 0 Å². The Balaban J connectivity index is 3.17. The van der Waals surface area contributed by atoms with E-state index in [1.165, 1.54) is 4.90 Å². The number of ether oxygens (including phenoxy) is 1. The summed E-state index contributed by atoms with van der Waals surface area (Å²) in [6, 6.07) is 0. The molecule has 0 aromatic rings. The van der Waals surface area contributed by atoms with Crippen LogP contribution in [0.4, 0.5) is 0 Å². The molecule has 0 saturated heterocycles. The molecule has 0 bridgehead atoms. The summed E-state index contributed by atoms with van der Waals surface area (Å²) in [4.78, 5) is 12.2. The Morgan fingerprint density at radius 1 is 1.45 bits per heavy atom. The molecule has 0 unspecified atom stereocenters. The van der Waals surface area contributed by atoms with Crippen LogP contribution in [0, 0.1) is 0 Å². The van der Waals surface area contributed by atoms with Crippen molar-refractivity contribution in [1.82, 2.24) is 0 Å². The fourth-order valence-corrected chi connectivity index (χ4v) is 0.819. The molecule has 0 fully saturated rings. The summed E-state index contributed by atoms with van der Waals surface area (Å²) < 4.78 is 4.78. The van der Waals surface area contributed by atoms with E-state index in [4.69, 9.17) is 4.74 Å². The number of rotatable bonds is 5. The summed E-state index contributed by atoms with van der Waals surface area (Å²) in [5.74, 6) is -0.0752. The molecule has 1 N–H and O–H groups in total. The topological polar surface area (TPSA) is 30.7 Å². The van der Waals surface area contributed by atoms with Gasteiger partial charge in [-0.3, -0.25) is 4.79 Å². The van der Waals surface area contributed by atoms with Crippen molar-refractivity contribution in [3.05, 3.63) is 0 Å². The molecule has 0 atom stereocenters. The Kier molecular flexibility index (Phi) is 5.84. The van der Waals surface area contributed by atoms with Crippen LogP contribution in [0.25, 0.3) is 0 Å². The molecular formula is C8H18NO2+. The first-order valence-corrected chi connectivity index (χ1v) is 4.11. The third-order valence-corrected chi connectivity index (χ3v) is 1.36. The molecule has 0 aliphatic rings. The van der Waals surface area contributed by atoms with Gasteiger partial charge in [0.15, 0.2) is 0 Å². The second-order valence-corrected chi connectivity index (χ2v) is 2.87. The zero-order chi connectivity index (χ0) is 8.69. The van der Waals surface area contributed by atoms with Gasteiger partial charge in [-0.2, -0.15) is 0 Å². The van der Waals surface area contributed by atoms with Gasteiger partial charge in [0.05, 0.1) is 33.7 Å². The second-order valence-electron chi connectivity index (χ2n) is 2.87. The maximum absolute atomic E-state index is 10.8. The van der Waals surface area contributed by atoms with Gasteiger partial charge in [-0.05, 0) is 6.92 Å². The number of hydrogen-bond acceptors (Lipinski definition) is 2. The fourth-order valence-electron chi connectivity index (χ4n) is 0.819. The molecule has 0 amide bonds. The number of carbonyl (C=O) groups excluding carboxylic acids is 1. The molecule has 0 aromatic carbocycles. The molecule has 0 aliphatic carbocycles. The van der Waals surface area contributed by atoms with Crippen LogP contribution in [0.15, 0.2) is 0 Å². The van der Waals surface area contributed by atoms with E-state index in [-0.39, 0.29) is 5.97 Å². The zero-order valence-electron chi connectivity index (χ0n) is 7.64. The van der Waals surface area contributed by atoms with E-state index >= 15 is 0 Å². The highest BCUT2D eigenvalue weighted by molar-refractivity contribution is 5.69. The lowest BCUT2D eigenvalue weighted by Gasteiger charge is -2.05. The van der Waals surface area contributed by atoms with Crippen molar-refractivity contribution >= 4 is 5.97 Å². The molecule has 3 heteroatoms. The highest BCUT2D eigenvalue weighted by Crippen LogP contribution is 1.89. The highest BCUT2D eigenvalue weighted by atomic mass is 16.5. The Labute approximate surface area is 68.3 Å². The van der Waals surface area contributed by atoms with Gasteiger partial charge < -0.3 is 9.64 Å². The lowest BCUT2D eigenvalue weighted by molar-refractivity contribution is -0.858. The predicted octanol–water partition coefficient (Wildman–Crippen LogP) is -0.526. The van der Waals surface area contributed by atoms with E-state index in [1.54, 1.807) is 0 Å². The smallest absolute Gasteiger partial charge is 0.305 e. The van der Waals surface area contributed by atoms with Crippen LogP contribution in [0.3, 0.4) is 0 Å². The monoisotopic (exact) mass is 160 g/mol. The van der Waals surface area contributed by atoms with Crippen molar-refractivity contribution in [3.63, 3.8) is 0 Å². The molecule has 0 heterocycles. The molecule has 0 aliphatic heterocycles. The summed E-state index contributed by atoms with van der Waals surface area (Å²) in [5.41, 5.74) is 0. The molecule has 11 heavy (non-hydrogen) atoms. The van der Waals surface area contributed by atoms with Gasteiger partial charge in [-0.25, -0.2) is 0 Å². The van der Waals surface area contributed by atoms with Crippen molar-refractivity contribution < 1.29 is 14.4 Å². The minimum absolute atomic E-state index is 0.0752. The lowest BCUT2D eigenvalue weighted by Crippen LogP contribution is -3.05. The quantitative estimate of drug-likeness (QED) is 0.548. The van der Waals surface area contributed by atoms with Crippen LogP contribution in [0.2, 0.25) is 0 Å². The highest BCUT2D eigenvalue weighted by Gasteiger charge is 2.01. The van der Waals surface area contributed by atoms with Crippen LogP contribution in [0.5, 0.6) is 0 Å². The Hall–Kier alpha value is -0.570. The van der Waals surface area contributed by atoms with E-state index in [2.05, 4.69) is 14.1 Å². The largest absolute Gasteiger partial charge is 0.466 e. The molecule has 0 rings (SSSR count). The summed E-state index contributed by atoms with van der Waals surface area (Å²) >= 11 is 0. The lowest BCUT2D eigenvalue weighted by atomic mass is 10.3. The first-order valence-electron chi connectivity index (χ1n) is 4.11. The van der Waals surface area contributed by atoms with Crippen LogP contribution >= 0.6 is 0 Å². The minimum atomic E-state index is -0.0752. The molecule has 0 saturated carbocycles. The van der Waals surface area contributed by atoms with E-state index in [0.717, 1.165) is 13.0 Å². The Morgan fingerprint density at radius 2 is 2.09 bits per heavy atom. The van der Waals surface area contributed by atoms with Gasteiger partial charge in [0.25, 0.3) is 0 Å².